The van der Waals surface area contributed by atoms with Gasteiger partial charge in [-0.1, -0.05) is 44.2 Å². The second-order valence-corrected chi connectivity index (χ2v) is 6.97. The highest BCUT2D eigenvalue weighted by Crippen LogP contribution is 2.29. The maximum absolute atomic E-state index is 12.4. The van der Waals surface area contributed by atoms with E-state index in [2.05, 4.69) is 36.2 Å². The van der Waals surface area contributed by atoms with Gasteiger partial charge in [0.1, 0.15) is 0 Å². The van der Waals surface area contributed by atoms with E-state index in [9.17, 15) is 4.79 Å². The number of benzene rings is 1. The molecule has 3 atom stereocenters. The molecule has 3 unspecified atom stereocenters. The summed E-state index contributed by atoms with van der Waals surface area (Å²) in [6.07, 6.45) is 1.07. The number of nitrogens with two attached hydrogens (primary N) is 1. The second kappa shape index (κ2) is 7.25. The van der Waals surface area contributed by atoms with Crippen molar-refractivity contribution in [3.05, 3.63) is 35.9 Å². The number of nitrogens with zero attached hydrogens (tertiary/aromatic N) is 1. The fraction of sp³-hybridized carbons (Fsp3) is 0.611. The maximum atomic E-state index is 12.4. The molecule has 1 fully saturated rings. The van der Waals surface area contributed by atoms with Crippen LogP contribution in [0.15, 0.2) is 30.3 Å². The molecule has 0 aliphatic carbocycles. The van der Waals surface area contributed by atoms with Crippen LogP contribution in [0.25, 0.3) is 0 Å². The molecule has 1 aliphatic heterocycles. The average molecular weight is 303 g/mol. The Kier molecular flexibility index (Phi) is 5.59. The Balaban J connectivity index is 1.82. The second-order valence-electron chi connectivity index (χ2n) is 6.97. The van der Waals surface area contributed by atoms with Gasteiger partial charge in [-0.25, -0.2) is 0 Å². The van der Waals surface area contributed by atoms with Gasteiger partial charge in [0.05, 0.1) is 6.04 Å². The lowest BCUT2D eigenvalue weighted by molar-refractivity contribution is -0.125. The van der Waals surface area contributed by atoms with Crippen molar-refractivity contribution in [2.24, 2.45) is 11.1 Å². The third-order valence-electron chi connectivity index (χ3n) is 4.96. The van der Waals surface area contributed by atoms with Gasteiger partial charge in [-0.05, 0) is 43.3 Å². The minimum absolute atomic E-state index is 0.0867. The standard InChI is InChI=1S/C18H29N3O/c1-14(16-7-5-4-6-8-16)11-20-17(22)15(2)21-10-9-18(3,12-19)13-21/h4-8,14-15H,9-13,19H2,1-3H3,(H,20,22). The van der Waals surface area contributed by atoms with Gasteiger partial charge in [0.2, 0.25) is 5.91 Å². The van der Waals surface area contributed by atoms with Crippen LogP contribution in [0.2, 0.25) is 0 Å². The molecular weight excluding hydrogens is 274 g/mol. The molecule has 22 heavy (non-hydrogen) atoms. The summed E-state index contributed by atoms with van der Waals surface area (Å²) >= 11 is 0. The van der Waals surface area contributed by atoms with E-state index in [1.165, 1.54) is 5.56 Å². The first-order chi connectivity index (χ1) is 10.4. The van der Waals surface area contributed by atoms with Crippen LogP contribution >= 0.6 is 0 Å². The maximum Gasteiger partial charge on any atom is 0.237 e. The molecule has 0 bridgehead atoms. The van der Waals surface area contributed by atoms with Crippen molar-refractivity contribution in [1.29, 1.82) is 0 Å². The molecule has 0 spiro atoms. The number of nitrogens with one attached hydrogen (secondary N) is 1. The van der Waals surface area contributed by atoms with Gasteiger partial charge < -0.3 is 11.1 Å². The highest BCUT2D eigenvalue weighted by molar-refractivity contribution is 5.81. The highest BCUT2D eigenvalue weighted by atomic mass is 16.2. The third kappa shape index (κ3) is 4.08. The zero-order chi connectivity index (χ0) is 16.2. The number of hydrogen-bond acceptors (Lipinski definition) is 3. The molecule has 0 radical (unpaired) electrons. The van der Waals surface area contributed by atoms with Crippen LogP contribution in [-0.2, 0) is 4.79 Å². The van der Waals surface area contributed by atoms with E-state index in [0.29, 0.717) is 19.0 Å². The van der Waals surface area contributed by atoms with Crippen molar-refractivity contribution in [2.75, 3.05) is 26.2 Å². The molecule has 4 heteroatoms. The Morgan fingerprint density at radius 1 is 1.36 bits per heavy atom. The monoisotopic (exact) mass is 303 g/mol. The normalized spacial score (nSPS) is 24.9. The first-order valence-corrected chi connectivity index (χ1v) is 8.22. The van der Waals surface area contributed by atoms with Crippen molar-refractivity contribution >= 4 is 5.91 Å². The smallest absolute Gasteiger partial charge is 0.237 e. The first kappa shape index (κ1) is 17.0. The van der Waals surface area contributed by atoms with Gasteiger partial charge in [-0.2, -0.15) is 0 Å². The summed E-state index contributed by atoms with van der Waals surface area (Å²) in [4.78, 5) is 14.6. The van der Waals surface area contributed by atoms with E-state index < -0.39 is 0 Å². The minimum atomic E-state index is -0.0867. The van der Waals surface area contributed by atoms with Crippen LogP contribution in [0.4, 0.5) is 0 Å². The Morgan fingerprint density at radius 2 is 2.05 bits per heavy atom. The summed E-state index contributed by atoms with van der Waals surface area (Å²) in [5, 5.41) is 3.09. The van der Waals surface area contributed by atoms with Crippen molar-refractivity contribution in [2.45, 2.75) is 39.2 Å². The SMILES string of the molecule is CC(CNC(=O)C(C)N1CCC(C)(CN)C1)c1ccccc1. The molecule has 1 amide bonds. The van der Waals surface area contributed by atoms with E-state index >= 15 is 0 Å². The topological polar surface area (TPSA) is 58.4 Å². The molecule has 4 nitrogen and oxygen atoms in total. The van der Waals surface area contributed by atoms with Crippen LogP contribution in [0.3, 0.4) is 0 Å². The third-order valence-corrected chi connectivity index (χ3v) is 4.96. The molecule has 1 heterocycles. The number of carbonyl (C=O) groups is 1. The lowest BCUT2D eigenvalue weighted by Gasteiger charge is -2.27. The predicted molar refractivity (Wildman–Crippen MR) is 90.7 cm³/mol. The number of rotatable bonds is 6. The predicted octanol–water partition coefficient (Wildman–Crippen LogP) is 1.97. The summed E-state index contributed by atoms with van der Waals surface area (Å²) in [7, 11) is 0. The van der Waals surface area contributed by atoms with E-state index in [0.717, 1.165) is 19.5 Å². The molecule has 1 saturated heterocycles. The molecule has 122 valence electrons. The fourth-order valence-electron chi connectivity index (χ4n) is 3.03. The molecule has 1 aromatic rings. The van der Waals surface area contributed by atoms with Crippen LogP contribution in [0.5, 0.6) is 0 Å². The van der Waals surface area contributed by atoms with Crippen molar-refractivity contribution in [3.63, 3.8) is 0 Å². The van der Waals surface area contributed by atoms with Gasteiger partial charge >= 0.3 is 0 Å². The number of amides is 1. The molecule has 0 saturated carbocycles. The summed E-state index contributed by atoms with van der Waals surface area (Å²) in [6.45, 7) is 9.56. The molecule has 1 aliphatic rings. The van der Waals surface area contributed by atoms with Crippen LogP contribution in [0.1, 0.15) is 38.7 Å². The molecule has 2 rings (SSSR count). The first-order valence-electron chi connectivity index (χ1n) is 8.22. The lowest BCUT2D eigenvalue weighted by atomic mass is 9.90. The van der Waals surface area contributed by atoms with Crippen molar-refractivity contribution in [1.82, 2.24) is 10.2 Å². The summed E-state index contributed by atoms with van der Waals surface area (Å²) in [6, 6.07) is 10.2. The van der Waals surface area contributed by atoms with Crippen LogP contribution in [-0.4, -0.2) is 43.0 Å². The highest BCUT2D eigenvalue weighted by Gasteiger charge is 2.36. The number of hydrogen-bond donors (Lipinski definition) is 2. The van der Waals surface area contributed by atoms with Crippen molar-refractivity contribution in [3.8, 4) is 0 Å². The quantitative estimate of drug-likeness (QED) is 0.844. The Labute approximate surface area is 134 Å². The molecule has 1 aromatic carbocycles. The van der Waals surface area contributed by atoms with Gasteiger partial charge in [0, 0.05) is 13.1 Å². The van der Waals surface area contributed by atoms with E-state index in [1.54, 1.807) is 0 Å². The lowest BCUT2D eigenvalue weighted by Crippen LogP contribution is -2.46. The zero-order valence-electron chi connectivity index (χ0n) is 14.0. The summed E-state index contributed by atoms with van der Waals surface area (Å²) in [5.41, 5.74) is 7.26. The Hall–Kier alpha value is -1.39. The largest absolute Gasteiger partial charge is 0.354 e. The molecule has 0 aromatic heterocycles. The van der Waals surface area contributed by atoms with Crippen LogP contribution in [0, 0.1) is 5.41 Å². The van der Waals surface area contributed by atoms with Gasteiger partial charge in [0.25, 0.3) is 0 Å². The summed E-state index contributed by atoms with van der Waals surface area (Å²) in [5.74, 6) is 0.439. The average Bonchev–Trinajstić information content (AvgIpc) is 2.95. The number of carbonyl (C=O) groups excluding carboxylic acids is 1. The Bertz CT molecular complexity index is 490. The minimum Gasteiger partial charge on any atom is -0.354 e. The van der Waals surface area contributed by atoms with E-state index in [4.69, 9.17) is 5.73 Å². The summed E-state index contributed by atoms with van der Waals surface area (Å²) < 4.78 is 0. The fourth-order valence-corrected chi connectivity index (χ4v) is 3.03. The van der Waals surface area contributed by atoms with Crippen LogP contribution < -0.4 is 11.1 Å². The molecular formula is C18H29N3O. The molecule has 3 N–H and O–H groups in total. The van der Waals surface area contributed by atoms with E-state index in [1.807, 2.05) is 25.1 Å². The Morgan fingerprint density at radius 3 is 2.64 bits per heavy atom. The van der Waals surface area contributed by atoms with Gasteiger partial charge in [-0.15, -0.1) is 0 Å². The van der Waals surface area contributed by atoms with E-state index in [-0.39, 0.29) is 17.4 Å². The van der Waals surface area contributed by atoms with Crippen molar-refractivity contribution < 1.29 is 4.79 Å². The zero-order valence-corrected chi connectivity index (χ0v) is 14.0. The number of likely N-dealkylation sites (tertiary alicyclic amines) is 1. The van der Waals surface area contributed by atoms with Gasteiger partial charge in [0.15, 0.2) is 0 Å². The van der Waals surface area contributed by atoms with Gasteiger partial charge in [-0.3, -0.25) is 9.69 Å².